The van der Waals surface area contributed by atoms with Gasteiger partial charge in [0.25, 0.3) is 10.0 Å². The number of ether oxygens (including phenoxy) is 1. The van der Waals surface area contributed by atoms with E-state index in [1.165, 1.54) is 12.1 Å². The van der Waals surface area contributed by atoms with Crippen LogP contribution in [0.25, 0.3) is 10.2 Å². The van der Waals surface area contributed by atoms with E-state index in [0.29, 0.717) is 15.9 Å². The number of sulfonamides is 1. The molecule has 0 fully saturated rings. The number of anilines is 2. The van der Waals surface area contributed by atoms with Crippen molar-refractivity contribution in [2.75, 3.05) is 23.2 Å². The molecule has 0 aliphatic heterocycles. The third kappa shape index (κ3) is 5.70. The Morgan fingerprint density at radius 3 is 2.52 bits per heavy atom. The summed E-state index contributed by atoms with van der Waals surface area (Å²) in [7, 11) is -3.77. The number of carbonyl (C=O) groups excluding carboxylic acids is 2. The van der Waals surface area contributed by atoms with Crippen molar-refractivity contribution in [1.82, 2.24) is 10.3 Å². The van der Waals surface area contributed by atoms with E-state index in [2.05, 4.69) is 20.3 Å². The molecule has 0 bridgehead atoms. The average Bonchev–Trinajstić information content (AvgIpc) is 3.09. The van der Waals surface area contributed by atoms with Crippen molar-refractivity contribution >= 4 is 54.4 Å². The predicted octanol–water partition coefficient (Wildman–Crippen LogP) is 3.40. The number of nitrogens with zero attached hydrogens (tertiary/aromatic N) is 1. The Morgan fingerprint density at radius 2 is 1.84 bits per heavy atom. The van der Waals surface area contributed by atoms with E-state index in [9.17, 15) is 18.0 Å². The molecule has 0 saturated carbocycles. The van der Waals surface area contributed by atoms with Gasteiger partial charge in [-0.3, -0.25) is 9.52 Å². The van der Waals surface area contributed by atoms with Gasteiger partial charge in [-0.1, -0.05) is 29.0 Å². The van der Waals surface area contributed by atoms with Crippen molar-refractivity contribution in [3.8, 4) is 0 Å². The van der Waals surface area contributed by atoms with Crippen LogP contribution in [0.4, 0.5) is 15.6 Å². The van der Waals surface area contributed by atoms with Crippen LogP contribution in [0.2, 0.25) is 0 Å². The van der Waals surface area contributed by atoms with Crippen LogP contribution in [-0.2, 0) is 19.6 Å². The minimum atomic E-state index is -3.77. The fourth-order valence-electron chi connectivity index (χ4n) is 2.74. The van der Waals surface area contributed by atoms with Gasteiger partial charge in [0.1, 0.15) is 6.54 Å². The van der Waals surface area contributed by atoms with E-state index in [1.807, 2.05) is 13.8 Å². The first-order valence-electron chi connectivity index (χ1n) is 9.39. The Labute approximate surface area is 183 Å². The van der Waals surface area contributed by atoms with Gasteiger partial charge in [0.05, 0.1) is 21.7 Å². The van der Waals surface area contributed by atoms with E-state index in [1.54, 1.807) is 31.2 Å². The molecule has 164 valence electrons. The molecule has 1 heterocycles. The van der Waals surface area contributed by atoms with Crippen LogP contribution in [0.5, 0.6) is 0 Å². The van der Waals surface area contributed by atoms with Crippen LogP contribution in [0.1, 0.15) is 18.1 Å². The first kappa shape index (κ1) is 22.5. The van der Waals surface area contributed by atoms with E-state index in [4.69, 9.17) is 4.74 Å². The number of nitrogens with one attached hydrogen (secondary N) is 3. The number of hydrogen-bond donors (Lipinski definition) is 3. The van der Waals surface area contributed by atoms with Crippen molar-refractivity contribution < 1.29 is 22.7 Å². The van der Waals surface area contributed by atoms with Gasteiger partial charge in [-0.05, 0) is 50.6 Å². The maximum atomic E-state index is 12.6. The molecule has 0 atom stereocenters. The molecule has 0 spiro atoms. The number of aryl methyl sites for hydroxylation is 2. The number of aromatic nitrogens is 1. The zero-order valence-electron chi connectivity index (χ0n) is 17.2. The Bertz CT molecular complexity index is 1220. The van der Waals surface area contributed by atoms with Gasteiger partial charge < -0.3 is 15.4 Å². The maximum absolute atomic E-state index is 12.6. The van der Waals surface area contributed by atoms with Gasteiger partial charge in [-0.2, -0.15) is 0 Å². The van der Waals surface area contributed by atoms with E-state index < -0.39 is 22.0 Å². The molecule has 3 aromatic rings. The minimum absolute atomic E-state index is 0.148. The van der Waals surface area contributed by atoms with Gasteiger partial charge in [0.2, 0.25) is 0 Å². The third-order valence-corrected chi connectivity index (χ3v) is 6.60. The van der Waals surface area contributed by atoms with Gasteiger partial charge in [-0.25, -0.2) is 18.2 Å². The highest BCUT2D eigenvalue weighted by atomic mass is 32.2. The molecule has 0 aliphatic rings. The summed E-state index contributed by atoms with van der Waals surface area (Å²) in [5.41, 5.74) is 2.84. The van der Waals surface area contributed by atoms with Gasteiger partial charge in [0.15, 0.2) is 5.13 Å². The fourth-order valence-corrected chi connectivity index (χ4v) is 4.96. The summed E-state index contributed by atoms with van der Waals surface area (Å²) in [5.74, 6) is -0.530. The molecule has 0 radical (unpaired) electrons. The number of amides is 2. The molecular weight excluding hydrogens is 440 g/mol. The second kappa shape index (κ2) is 9.31. The molecule has 1 aromatic heterocycles. The van der Waals surface area contributed by atoms with Crippen molar-refractivity contribution in [2.24, 2.45) is 0 Å². The zero-order valence-corrected chi connectivity index (χ0v) is 18.8. The van der Waals surface area contributed by atoms with Gasteiger partial charge >= 0.3 is 12.0 Å². The topological polar surface area (TPSA) is 126 Å². The lowest BCUT2D eigenvalue weighted by atomic mass is 10.2. The first-order chi connectivity index (χ1) is 14.7. The number of fused-ring (bicyclic) bond motifs is 1. The Balaban J connectivity index is 1.75. The molecule has 9 nitrogen and oxygen atoms in total. The summed E-state index contributed by atoms with van der Waals surface area (Å²) in [4.78, 5) is 27.9. The third-order valence-electron chi connectivity index (χ3n) is 4.19. The molecule has 0 saturated heterocycles. The Hall–Kier alpha value is -3.18. The van der Waals surface area contributed by atoms with Crippen molar-refractivity contribution in [1.29, 1.82) is 0 Å². The molecule has 0 aliphatic carbocycles. The maximum Gasteiger partial charge on any atom is 0.325 e. The molecule has 3 rings (SSSR count). The highest BCUT2D eigenvalue weighted by molar-refractivity contribution is 7.93. The second-order valence-corrected chi connectivity index (χ2v) is 9.40. The molecule has 2 amide bonds. The molecule has 3 N–H and O–H groups in total. The number of urea groups is 1. The van der Waals surface area contributed by atoms with Crippen LogP contribution >= 0.6 is 11.3 Å². The normalized spacial score (nSPS) is 11.2. The zero-order chi connectivity index (χ0) is 22.6. The number of rotatable bonds is 7. The number of esters is 1. The number of thiazole rings is 1. The summed E-state index contributed by atoms with van der Waals surface area (Å²) < 4.78 is 33.2. The van der Waals surface area contributed by atoms with Crippen LogP contribution in [0.3, 0.4) is 0 Å². The summed E-state index contributed by atoms with van der Waals surface area (Å²) in [6.45, 7) is 5.36. The molecule has 31 heavy (non-hydrogen) atoms. The lowest BCUT2D eigenvalue weighted by Crippen LogP contribution is -2.34. The first-order valence-corrected chi connectivity index (χ1v) is 11.7. The van der Waals surface area contributed by atoms with Gasteiger partial charge in [-0.15, -0.1) is 0 Å². The summed E-state index contributed by atoms with van der Waals surface area (Å²) in [5, 5.41) is 5.28. The molecular formula is C20H22N4O5S2. The Kier molecular flexibility index (Phi) is 6.76. The second-order valence-electron chi connectivity index (χ2n) is 6.69. The largest absolute Gasteiger partial charge is 0.465 e. The fraction of sp³-hybridized carbons (Fsp3) is 0.250. The van der Waals surface area contributed by atoms with Crippen LogP contribution < -0.4 is 15.4 Å². The smallest absolute Gasteiger partial charge is 0.325 e. The van der Waals surface area contributed by atoms with E-state index in [0.717, 1.165) is 22.5 Å². The number of carbonyl (C=O) groups is 2. The number of hydrogen-bond acceptors (Lipinski definition) is 7. The van der Waals surface area contributed by atoms with Crippen molar-refractivity contribution in [3.63, 3.8) is 0 Å². The highest BCUT2D eigenvalue weighted by Gasteiger charge is 2.17. The average molecular weight is 463 g/mol. The summed E-state index contributed by atoms with van der Waals surface area (Å²) in [6.07, 6.45) is 0. The van der Waals surface area contributed by atoms with Crippen molar-refractivity contribution in [2.45, 2.75) is 25.7 Å². The van der Waals surface area contributed by atoms with E-state index in [-0.39, 0.29) is 23.2 Å². The standard InChI is InChI=1S/C20H22N4O5S2/c1-4-29-17(25)11-21-19(26)22-14-9-13(3)18-16(10-14)30-20(23-18)24-31(27,28)15-7-5-12(2)6-8-15/h5-10H,4,11H2,1-3H3,(H,23,24)(H2,21,22,26). The summed E-state index contributed by atoms with van der Waals surface area (Å²) in [6, 6.07) is 9.36. The predicted molar refractivity (Wildman–Crippen MR) is 120 cm³/mol. The lowest BCUT2D eigenvalue weighted by Gasteiger charge is -2.08. The number of benzene rings is 2. The molecule has 11 heteroatoms. The quantitative estimate of drug-likeness (QED) is 0.462. The molecule has 2 aromatic carbocycles. The van der Waals surface area contributed by atoms with Crippen LogP contribution in [0, 0.1) is 13.8 Å². The van der Waals surface area contributed by atoms with Gasteiger partial charge in [0, 0.05) is 5.69 Å². The lowest BCUT2D eigenvalue weighted by molar-refractivity contribution is -0.141. The van der Waals surface area contributed by atoms with Crippen LogP contribution in [0.15, 0.2) is 41.3 Å². The van der Waals surface area contributed by atoms with E-state index >= 15 is 0 Å². The van der Waals surface area contributed by atoms with Crippen molar-refractivity contribution in [3.05, 3.63) is 47.5 Å². The summed E-state index contributed by atoms with van der Waals surface area (Å²) >= 11 is 1.16. The monoisotopic (exact) mass is 462 g/mol. The highest BCUT2D eigenvalue weighted by Crippen LogP contribution is 2.32. The minimum Gasteiger partial charge on any atom is -0.465 e. The molecule has 0 unspecified atom stereocenters. The SMILES string of the molecule is CCOC(=O)CNC(=O)Nc1cc(C)c2nc(NS(=O)(=O)c3ccc(C)cc3)sc2c1. The Morgan fingerprint density at radius 1 is 1.13 bits per heavy atom. The van der Waals surface area contributed by atoms with Crippen LogP contribution in [-0.4, -0.2) is 38.6 Å².